The maximum atomic E-state index is 12.5. The largest absolute Gasteiger partial charge is 0.495 e. The van der Waals surface area contributed by atoms with Gasteiger partial charge in [0.15, 0.2) is 0 Å². The van der Waals surface area contributed by atoms with E-state index < -0.39 is 5.41 Å². The molecular formula is C18H19N3O3. The topological polar surface area (TPSA) is 93.4 Å². The molecule has 3 rings (SSSR count). The van der Waals surface area contributed by atoms with E-state index in [9.17, 15) is 9.59 Å². The molecule has 124 valence electrons. The van der Waals surface area contributed by atoms with Crippen LogP contribution in [0.4, 0.5) is 17.1 Å². The predicted molar refractivity (Wildman–Crippen MR) is 93.5 cm³/mol. The first-order valence-corrected chi connectivity index (χ1v) is 7.54. The second kappa shape index (κ2) is 5.56. The van der Waals surface area contributed by atoms with E-state index in [-0.39, 0.29) is 11.8 Å². The molecule has 0 radical (unpaired) electrons. The van der Waals surface area contributed by atoms with Crippen molar-refractivity contribution >= 4 is 28.9 Å². The van der Waals surface area contributed by atoms with Gasteiger partial charge in [-0.05, 0) is 49.7 Å². The molecule has 0 fully saturated rings. The highest BCUT2D eigenvalue weighted by atomic mass is 16.5. The third-order valence-corrected chi connectivity index (χ3v) is 4.24. The number of hydrogen-bond acceptors (Lipinski definition) is 4. The summed E-state index contributed by atoms with van der Waals surface area (Å²) >= 11 is 0. The van der Waals surface area contributed by atoms with Gasteiger partial charge in [0.2, 0.25) is 5.91 Å². The van der Waals surface area contributed by atoms with Gasteiger partial charge in [0.25, 0.3) is 5.91 Å². The second-order valence-corrected chi connectivity index (χ2v) is 6.25. The standard InChI is InChI=1S/C18H19N3O3/c1-18(2)12-6-4-10(8-13(12)21-17(18)23)16(22)20-14-9-11(19)5-7-15(14)24-3/h4-9H,19H2,1-3H3,(H,20,22)(H,21,23). The summed E-state index contributed by atoms with van der Waals surface area (Å²) in [6.45, 7) is 3.71. The molecule has 6 nitrogen and oxygen atoms in total. The molecular weight excluding hydrogens is 306 g/mol. The minimum atomic E-state index is -0.596. The third-order valence-electron chi connectivity index (χ3n) is 4.24. The van der Waals surface area contributed by atoms with Gasteiger partial charge in [-0.15, -0.1) is 0 Å². The molecule has 0 atom stereocenters. The van der Waals surface area contributed by atoms with E-state index in [0.29, 0.717) is 28.4 Å². The number of carbonyl (C=O) groups excluding carboxylic acids is 2. The Morgan fingerprint density at radius 1 is 1.21 bits per heavy atom. The number of hydrogen-bond donors (Lipinski definition) is 3. The summed E-state index contributed by atoms with van der Waals surface area (Å²) in [6.07, 6.45) is 0. The summed E-state index contributed by atoms with van der Waals surface area (Å²) in [4.78, 5) is 24.5. The zero-order valence-corrected chi connectivity index (χ0v) is 13.8. The van der Waals surface area contributed by atoms with Crippen LogP contribution in [0.2, 0.25) is 0 Å². The van der Waals surface area contributed by atoms with Gasteiger partial charge in [-0.2, -0.15) is 0 Å². The number of methoxy groups -OCH3 is 1. The van der Waals surface area contributed by atoms with E-state index in [4.69, 9.17) is 10.5 Å². The molecule has 1 heterocycles. The zero-order valence-electron chi connectivity index (χ0n) is 13.8. The second-order valence-electron chi connectivity index (χ2n) is 6.25. The van der Waals surface area contributed by atoms with Crippen molar-refractivity contribution in [1.82, 2.24) is 0 Å². The van der Waals surface area contributed by atoms with Crippen LogP contribution in [-0.4, -0.2) is 18.9 Å². The molecule has 2 amide bonds. The number of benzene rings is 2. The molecule has 24 heavy (non-hydrogen) atoms. The summed E-state index contributed by atoms with van der Waals surface area (Å²) in [5, 5.41) is 5.60. The van der Waals surface area contributed by atoms with Gasteiger partial charge in [-0.25, -0.2) is 0 Å². The van der Waals surface area contributed by atoms with Crippen LogP contribution < -0.4 is 21.1 Å². The van der Waals surface area contributed by atoms with Gasteiger partial charge in [0, 0.05) is 16.9 Å². The van der Waals surface area contributed by atoms with Crippen molar-refractivity contribution in [2.45, 2.75) is 19.3 Å². The lowest BCUT2D eigenvalue weighted by atomic mass is 9.86. The van der Waals surface area contributed by atoms with E-state index >= 15 is 0 Å². The molecule has 0 bridgehead atoms. The monoisotopic (exact) mass is 325 g/mol. The van der Waals surface area contributed by atoms with Gasteiger partial charge in [-0.1, -0.05) is 6.07 Å². The van der Waals surface area contributed by atoms with Crippen molar-refractivity contribution < 1.29 is 14.3 Å². The molecule has 0 aromatic heterocycles. The Bertz CT molecular complexity index is 843. The number of anilines is 3. The fraction of sp³-hybridized carbons (Fsp3) is 0.222. The highest BCUT2D eigenvalue weighted by Crippen LogP contribution is 2.37. The van der Waals surface area contributed by atoms with Crippen molar-refractivity contribution in [2.24, 2.45) is 0 Å². The molecule has 1 aliphatic rings. The summed E-state index contributed by atoms with van der Waals surface area (Å²) in [5.41, 5.74) is 8.17. The molecule has 0 saturated heterocycles. The number of nitrogens with two attached hydrogens (primary N) is 1. The zero-order chi connectivity index (χ0) is 17.5. The molecule has 0 unspecified atom stereocenters. The van der Waals surface area contributed by atoms with Crippen molar-refractivity contribution in [3.8, 4) is 5.75 Å². The number of rotatable bonds is 3. The maximum absolute atomic E-state index is 12.5. The fourth-order valence-corrected chi connectivity index (χ4v) is 2.75. The molecule has 2 aromatic rings. The lowest BCUT2D eigenvalue weighted by Gasteiger charge is -2.15. The van der Waals surface area contributed by atoms with Crippen LogP contribution in [0.3, 0.4) is 0 Å². The van der Waals surface area contributed by atoms with Crippen LogP contribution >= 0.6 is 0 Å². The van der Waals surface area contributed by atoms with Crippen LogP contribution in [0.25, 0.3) is 0 Å². The summed E-state index contributed by atoms with van der Waals surface area (Å²) in [7, 11) is 1.52. The first-order chi connectivity index (χ1) is 11.3. The SMILES string of the molecule is COc1ccc(N)cc1NC(=O)c1ccc2c(c1)NC(=O)C2(C)C. The number of fused-ring (bicyclic) bond motifs is 1. The Labute approximate surface area is 140 Å². The molecule has 0 aliphatic carbocycles. The molecule has 6 heteroatoms. The minimum Gasteiger partial charge on any atom is -0.495 e. The maximum Gasteiger partial charge on any atom is 0.255 e. The predicted octanol–water partition coefficient (Wildman–Crippen LogP) is 2.76. The first-order valence-electron chi connectivity index (χ1n) is 7.54. The average Bonchev–Trinajstić information content (AvgIpc) is 2.76. The Hall–Kier alpha value is -3.02. The smallest absolute Gasteiger partial charge is 0.255 e. The number of nitrogen functional groups attached to an aromatic ring is 1. The van der Waals surface area contributed by atoms with Gasteiger partial charge in [0.1, 0.15) is 5.75 Å². The summed E-state index contributed by atoms with van der Waals surface area (Å²) < 4.78 is 5.23. The number of amides is 2. The van der Waals surface area contributed by atoms with Gasteiger partial charge >= 0.3 is 0 Å². The summed E-state index contributed by atoms with van der Waals surface area (Å²) in [5.74, 6) is 0.140. The first kappa shape index (κ1) is 15.9. The van der Waals surface area contributed by atoms with E-state index in [1.165, 1.54) is 7.11 Å². The average molecular weight is 325 g/mol. The van der Waals surface area contributed by atoms with Gasteiger partial charge in [-0.3, -0.25) is 9.59 Å². The highest BCUT2D eigenvalue weighted by Gasteiger charge is 2.38. The van der Waals surface area contributed by atoms with Gasteiger partial charge in [0.05, 0.1) is 18.2 Å². The number of carbonyl (C=O) groups is 2. The number of ether oxygens (including phenoxy) is 1. The van der Waals surface area contributed by atoms with Gasteiger partial charge < -0.3 is 21.1 Å². The number of nitrogens with one attached hydrogen (secondary N) is 2. The lowest BCUT2D eigenvalue weighted by molar-refractivity contribution is -0.119. The third kappa shape index (κ3) is 2.56. The van der Waals surface area contributed by atoms with Crippen LogP contribution in [0, 0.1) is 0 Å². The van der Waals surface area contributed by atoms with Crippen LogP contribution in [0.15, 0.2) is 36.4 Å². The van der Waals surface area contributed by atoms with Crippen LogP contribution in [0.1, 0.15) is 29.8 Å². The molecule has 2 aromatic carbocycles. The lowest BCUT2D eigenvalue weighted by Crippen LogP contribution is -2.26. The van der Waals surface area contributed by atoms with Crippen LogP contribution in [-0.2, 0) is 10.2 Å². The Morgan fingerprint density at radius 2 is 1.96 bits per heavy atom. The summed E-state index contributed by atoms with van der Waals surface area (Å²) in [6, 6.07) is 10.2. The Morgan fingerprint density at radius 3 is 2.67 bits per heavy atom. The van der Waals surface area contributed by atoms with E-state index in [2.05, 4.69) is 10.6 Å². The van der Waals surface area contributed by atoms with E-state index in [1.807, 2.05) is 13.8 Å². The Balaban J connectivity index is 1.89. The normalized spacial score (nSPS) is 14.7. The van der Waals surface area contributed by atoms with Crippen molar-refractivity contribution in [3.63, 3.8) is 0 Å². The Kier molecular flexibility index (Phi) is 3.67. The molecule has 0 spiro atoms. The molecule has 1 aliphatic heterocycles. The molecule has 0 saturated carbocycles. The molecule has 4 N–H and O–H groups in total. The van der Waals surface area contributed by atoms with Crippen molar-refractivity contribution in [2.75, 3.05) is 23.5 Å². The minimum absolute atomic E-state index is 0.0763. The fourth-order valence-electron chi connectivity index (χ4n) is 2.75. The van der Waals surface area contributed by atoms with E-state index in [1.54, 1.807) is 36.4 Å². The van der Waals surface area contributed by atoms with Crippen molar-refractivity contribution in [3.05, 3.63) is 47.5 Å². The quantitative estimate of drug-likeness (QED) is 0.756. The van der Waals surface area contributed by atoms with Crippen LogP contribution in [0.5, 0.6) is 5.75 Å². The highest BCUT2D eigenvalue weighted by molar-refractivity contribution is 6.09. The van der Waals surface area contributed by atoms with E-state index in [0.717, 1.165) is 5.56 Å². The van der Waals surface area contributed by atoms with Crippen molar-refractivity contribution in [1.29, 1.82) is 0 Å².